The van der Waals surface area contributed by atoms with Crippen LogP contribution in [0.5, 0.6) is 0 Å². The van der Waals surface area contributed by atoms with Gasteiger partial charge in [0.2, 0.25) is 0 Å². The minimum atomic E-state index is -0.730. The number of amides is 2. The number of alkyl carbamates (subject to hydrolysis) is 2. The van der Waals surface area contributed by atoms with E-state index in [1.807, 2.05) is 0 Å². The Morgan fingerprint density at radius 2 is 0.947 bits per heavy atom. The Hall–Kier alpha value is -2.60. The van der Waals surface area contributed by atoms with Gasteiger partial charge < -0.3 is 41.0 Å². The Morgan fingerprint density at radius 3 is 1.26 bits per heavy atom. The number of ether oxygens (including phenoxy) is 4. The van der Waals surface area contributed by atoms with Crippen LogP contribution in [0.25, 0.3) is 0 Å². The first kappa shape index (κ1) is 35.4. The topological polar surface area (TPSA) is 181 Å². The van der Waals surface area contributed by atoms with Crippen molar-refractivity contribution < 1.29 is 38.1 Å². The van der Waals surface area contributed by atoms with Gasteiger partial charge in [-0.2, -0.15) is 0 Å². The van der Waals surface area contributed by atoms with Crippen LogP contribution in [0.3, 0.4) is 0 Å². The molecular formula is C26H50N4O8. The smallest absolute Gasteiger partial charge is 0.407 e. The third kappa shape index (κ3) is 21.5. The highest BCUT2D eigenvalue weighted by atomic mass is 16.6. The van der Waals surface area contributed by atoms with E-state index < -0.39 is 47.4 Å². The molecule has 6 N–H and O–H groups in total. The molecule has 2 amide bonds. The van der Waals surface area contributed by atoms with Gasteiger partial charge >= 0.3 is 24.1 Å². The summed E-state index contributed by atoms with van der Waals surface area (Å²) in [5.74, 6) is -0.962. The van der Waals surface area contributed by atoms with E-state index >= 15 is 0 Å². The molecular weight excluding hydrogens is 496 g/mol. The fourth-order valence-electron chi connectivity index (χ4n) is 2.99. The van der Waals surface area contributed by atoms with Gasteiger partial charge in [-0.3, -0.25) is 9.59 Å². The number of hydrogen-bond acceptors (Lipinski definition) is 10. The van der Waals surface area contributed by atoms with Gasteiger partial charge in [0.05, 0.1) is 13.2 Å². The minimum absolute atomic E-state index is 0.182. The molecule has 0 saturated heterocycles. The summed E-state index contributed by atoms with van der Waals surface area (Å²) in [5.41, 5.74) is 10.6. The van der Waals surface area contributed by atoms with E-state index in [4.69, 9.17) is 30.4 Å². The Kier molecular flexibility index (Phi) is 17.3. The van der Waals surface area contributed by atoms with Crippen LogP contribution in [0.1, 0.15) is 92.9 Å². The van der Waals surface area contributed by atoms with Gasteiger partial charge in [0.1, 0.15) is 23.3 Å². The van der Waals surface area contributed by atoms with Gasteiger partial charge in [0.25, 0.3) is 0 Å². The largest absolute Gasteiger partial charge is 0.465 e. The monoisotopic (exact) mass is 546 g/mol. The van der Waals surface area contributed by atoms with Crippen molar-refractivity contribution in [3.05, 3.63) is 0 Å². The van der Waals surface area contributed by atoms with Crippen LogP contribution in [-0.2, 0) is 28.5 Å². The molecule has 0 aliphatic heterocycles. The molecule has 222 valence electrons. The Labute approximate surface area is 227 Å². The highest BCUT2D eigenvalue weighted by Gasteiger charge is 2.18. The molecule has 12 nitrogen and oxygen atoms in total. The van der Waals surface area contributed by atoms with Crippen molar-refractivity contribution in [2.24, 2.45) is 11.5 Å². The van der Waals surface area contributed by atoms with Crippen molar-refractivity contribution in [3.63, 3.8) is 0 Å². The van der Waals surface area contributed by atoms with E-state index in [2.05, 4.69) is 10.6 Å². The van der Waals surface area contributed by atoms with Gasteiger partial charge in [0, 0.05) is 13.1 Å². The zero-order valence-electron chi connectivity index (χ0n) is 24.1. The molecule has 0 rings (SSSR count). The normalized spacial score (nSPS) is 13.2. The molecule has 2 atom stereocenters. The molecule has 0 aromatic rings. The summed E-state index contributed by atoms with van der Waals surface area (Å²) in [4.78, 5) is 47.1. The summed E-state index contributed by atoms with van der Waals surface area (Å²) in [7, 11) is 0. The third-order valence-electron chi connectivity index (χ3n) is 4.85. The average molecular weight is 547 g/mol. The highest BCUT2D eigenvalue weighted by Crippen LogP contribution is 2.08. The highest BCUT2D eigenvalue weighted by molar-refractivity contribution is 5.75. The number of nitrogens with two attached hydrogens (primary N) is 2. The second-order valence-electron chi connectivity index (χ2n) is 11.1. The summed E-state index contributed by atoms with van der Waals surface area (Å²) in [5, 5.41) is 5.31. The second kappa shape index (κ2) is 18.6. The van der Waals surface area contributed by atoms with Crippen LogP contribution in [-0.4, -0.2) is 73.7 Å². The van der Waals surface area contributed by atoms with Crippen LogP contribution < -0.4 is 22.1 Å². The van der Waals surface area contributed by atoms with Gasteiger partial charge in [-0.1, -0.05) is 0 Å². The molecule has 0 aliphatic carbocycles. The van der Waals surface area contributed by atoms with E-state index in [1.165, 1.54) is 0 Å². The molecule has 0 aromatic carbocycles. The fraction of sp³-hybridized carbons (Fsp3) is 0.846. The standard InChI is InChI=1S/C26H50N4O8/c1-25(2,3)37-23(33)29-15-9-7-13-19(27)21(31)35-17-11-12-18-36-22(32)20(28)14-8-10-16-30-24(34)38-26(4,5)6/h19-20H,7-18,27-28H2,1-6H3,(H,29,33)(H,30,34)/t19-,20-/m0/s1. The first-order valence-electron chi connectivity index (χ1n) is 13.4. The number of carbonyl (C=O) groups excluding carboxylic acids is 4. The fourth-order valence-corrected chi connectivity index (χ4v) is 2.99. The second-order valence-corrected chi connectivity index (χ2v) is 11.1. The Balaban J connectivity index is 3.75. The predicted molar refractivity (Wildman–Crippen MR) is 143 cm³/mol. The number of hydrogen-bond donors (Lipinski definition) is 4. The van der Waals surface area contributed by atoms with Crippen molar-refractivity contribution in [1.82, 2.24) is 10.6 Å². The van der Waals surface area contributed by atoms with Crippen LogP contribution in [0.4, 0.5) is 9.59 Å². The van der Waals surface area contributed by atoms with Crippen LogP contribution in [0.2, 0.25) is 0 Å². The molecule has 0 radical (unpaired) electrons. The molecule has 0 aliphatic rings. The lowest BCUT2D eigenvalue weighted by atomic mass is 10.1. The molecule has 0 saturated carbocycles. The summed E-state index contributed by atoms with van der Waals surface area (Å²) in [6, 6.07) is -1.46. The molecule has 0 bridgehead atoms. The molecule has 0 aromatic heterocycles. The molecule has 0 fully saturated rings. The predicted octanol–water partition coefficient (Wildman–Crippen LogP) is 2.90. The van der Waals surface area contributed by atoms with Crippen molar-refractivity contribution in [2.45, 2.75) is 116 Å². The number of unbranched alkanes of at least 4 members (excludes halogenated alkanes) is 3. The van der Waals surface area contributed by atoms with Gasteiger partial charge in [-0.15, -0.1) is 0 Å². The van der Waals surface area contributed by atoms with E-state index in [-0.39, 0.29) is 13.2 Å². The van der Waals surface area contributed by atoms with Crippen LogP contribution in [0, 0.1) is 0 Å². The summed E-state index contributed by atoms with van der Waals surface area (Å²) in [6.45, 7) is 12.0. The minimum Gasteiger partial charge on any atom is -0.465 e. The molecule has 0 unspecified atom stereocenters. The Morgan fingerprint density at radius 1 is 0.605 bits per heavy atom. The maximum Gasteiger partial charge on any atom is 0.407 e. The third-order valence-corrected chi connectivity index (χ3v) is 4.85. The first-order chi connectivity index (χ1) is 17.6. The van der Waals surface area contributed by atoms with Gasteiger partial charge in [0.15, 0.2) is 0 Å². The lowest BCUT2D eigenvalue weighted by Crippen LogP contribution is -2.34. The van der Waals surface area contributed by atoms with Crippen molar-refractivity contribution in [3.8, 4) is 0 Å². The molecule has 0 heterocycles. The van der Waals surface area contributed by atoms with Crippen molar-refractivity contribution in [2.75, 3.05) is 26.3 Å². The number of esters is 2. The summed E-state index contributed by atoms with van der Waals surface area (Å²) < 4.78 is 20.6. The number of rotatable bonds is 17. The van der Waals surface area contributed by atoms with Crippen LogP contribution in [0.15, 0.2) is 0 Å². The van der Waals surface area contributed by atoms with E-state index in [9.17, 15) is 19.2 Å². The maximum absolute atomic E-state index is 12.0. The Bertz CT molecular complexity index is 659. The molecule has 38 heavy (non-hydrogen) atoms. The molecule has 0 spiro atoms. The van der Waals surface area contributed by atoms with Crippen LogP contribution >= 0.6 is 0 Å². The lowest BCUT2D eigenvalue weighted by Gasteiger charge is -2.19. The van der Waals surface area contributed by atoms with E-state index in [0.29, 0.717) is 64.5 Å². The zero-order valence-corrected chi connectivity index (χ0v) is 24.1. The number of carbonyl (C=O) groups is 4. The summed E-state index contributed by atoms with van der Waals surface area (Å²) >= 11 is 0. The summed E-state index contributed by atoms with van der Waals surface area (Å²) in [6.07, 6.45) is 3.63. The first-order valence-corrected chi connectivity index (χ1v) is 13.4. The van der Waals surface area contributed by atoms with E-state index in [0.717, 1.165) is 0 Å². The zero-order chi connectivity index (χ0) is 29.2. The van der Waals surface area contributed by atoms with E-state index in [1.54, 1.807) is 41.5 Å². The lowest BCUT2D eigenvalue weighted by molar-refractivity contribution is -0.147. The van der Waals surface area contributed by atoms with Gasteiger partial charge in [-0.25, -0.2) is 9.59 Å². The quantitative estimate of drug-likeness (QED) is 0.120. The van der Waals surface area contributed by atoms with Crippen molar-refractivity contribution >= 4 is 24.1 Å². The van der Waals surface area contributed by atoms with Crippen molar-refractivity contribution in [1.29, 1.82) is 0 Å². The molecule has 12 heteroatoms. The maximum atomic E-state index is 12.0. The van der Waals surface area contributed by atoms with Gasteiger partial charge in [-0.05, 0) is 92.9 Å². The SMILES string of the molecule is CC(C)(C)OC(=O)NCCCC[C@H](N)C(=O)OCCCCOC(=O)[C@@H](N)CCCCNC(=O)OC(C)(C)C. The average Bonchev–Trinajstić information content (AvgIpc) is 2.77. The number of nitrogens with one attached hydrogen (secondary N) is 2.